The van der Waals surface area contributed by atoms with Crippen LogP contribution in [-0.4, -0.2) is 17.8 Å². The number of rotatable bonds is 2. The number of aliphatic hydroxyl groups excluding tert-OH is 1. The lowest BCUT2D eigenvalue weighted by Gasteiger charge is -2.45. The molecule has 0 aliphatic heterocycles. The summed E-state index contributed by atoms with van der Waals surface area (Å²) >= 11 is 0. The van der Waals surface area contributed by atoms with Crippen LogP contribution in [0.2, 0.25) is 0 Å². The molecule has 6 heteroatoms. The van der Waals surface area contributed by atoms with Crippen LogP contribution >= 0.6 is 0 Å². The molecule has 18 heavy (non-hydrogen) atoms. The van der Waals surface area contributed by atoms with Gasteiger partial charge < -0.3 is 10.8 Å². The molecule has 0 bridgehead atoms. The lowest BCUT2D eigenvalue weighted by atomic mass is 9.62. The molecule has 0 unspecified atom stereocenters. The van der Waals surface area contributed by atoms with E-state index in [1.54, 1.807) is 0 Å². The third kappa shape index (κ3) is 2.10. The maximum Gasteiger partial charge on any atom is 0.419 e. The van der Waals surface area contributed by atoms with E-state index in [0.717, 1.165) is 12.1 Å². The fourth-order valence-corrected chi connectivity index (χ4v) is 2.44. The molecular weight excluding hydrogens is 250 g/mol. The van der Waals surface area contributed by atoms with E-state index in [1.165, 1.54) is 6.07 Å². The average molecular weight is 263 g/mol. The number of nitrogens with two attached hydrogens (primary N) is 1. The highest BCUT2D eigenvalue weighted by Gasteiger charge is 2.44. The van der Waals surface area contributed by atoms with Gasteiger partial charge in [0.15, 0.2) is 0 Å². The van der Waals surface area contributed by atoms with Crippen molar-refractivity contribution in [3.63, 3.8) is 0 Å². The smallest absolute Gasteiger partial charge is 0.393 e. The first kappa shape index (κ1) is 13.3. The van der Waals surface area contributed by atoms with Crippen molar-refractivity contribution < 1.29 is 22.7 Å². The average Bonchev–Trinajstić information content (AvgIpc) is 2.22. The predicted molar refractivity (Wildman–Crippen MR) is 57.4 cm³/mol. The van der Waals surface area contributed by atoms with Gasteiger partial charge in [0.1, 0.15) is 5.82 Å². The fourth-order valence-electron chi connectivity index (χ4n) is 2.44. The van der Waals surface area contributed by atoms with E-state index in [4.69, 9.17) is 5.73 Å². The maximum absolute atomic E-state index is 13.4. The fraction of sp³-hybridized carbons (Fsp3) is 0.500. The highest BCUT2D eigenvalue weighted by atomic mass is 19.4. The summed E-state index contributed by atoms with van der Waals surface area (Å²) in [5.74, 6) is -1.30. The number of hydrogen-bond donors (Lipinski definition) is 2. The van der Waals surface area contributed by atoms with Crippen molar-refractivity contribution in [2.75, 3.05) is 6.54 Å². The highest BCUT2D eigenvalue weighted by Crippen LogP contribution is 2.44. The zero-order valence-electron chi connectivity index (χ0n) is 9.47. The van der Waals surface area contributed by atoms with Crippen molar-refractivity contribution in [2.45, 2.75) is 30.5 Å². The van der Waals surface area contributed by atoms with Gasteiger partial charge in [0, 0.05) is 12.0 Å². The van der Waals surface area contributed by atoms with Crippen LogP contribution in [0.5, 0.6) is 0 Å². The molecule has 3 N–H and O–H groups in total. The molecule has 0 spiro atoms. The van der Waals surface area contributed by atoms with E-state index in [2.05, 4.69) is 0 Å². The molecular formula is C12H13F4NO. The zero-order chi connectivity index (χ0) is 13.6. The Kier molecular flexibility index (Phi) is 3.11. The molecule has 0 atom stereocenters. The molecule has 2 rings (SSSR count). The maximum atomic E-state index is 13.4. The summed E-state index contributed by atoms with van der Waals surface area (Å²) in [5, 5.41) is 9.30. The molecule has 2 nitrogen and oxygen atoms in total. The van der Waals surface area contributed by atoms with E-state index >= 15 is 0 Å². The second kappa shape index (κ2) is 4.20. The van der Waals surface area contributed by atoms with Gasteiger partial charge in [-0.3, -0.25) is 0 Å². The number of hydrogen-bond acceptors (Lipinski definition) is 2. The zero-order valence-corrected chi connectivity index (χ0v) is 9.47. The van der Waals surface area contributed by atoms with E-state index < -0.39 is 29.1 Å². The highest BCUT2D eigenvalue weighted by molar-refractivity contribution is 5.34. The lowest BCUT2D eigenvalue weighted by Crippen LogP contribution is -2.49. The van der Waals surface area contributed by atoms with Gasteiger partial charge in [0.25, 0.3) is 0 Å². The van der Waals surface area contributed by atoms with Crippen LogP contribution in [0.1, 0.15) is 24.0 Å². The Balaban J connectivity index is 2.35. The Bertz CT molecular complexity index is 452. The second-order valence-electron chi connectivity index (χ2n) is 4.74. The van der Waals surface area contributed by atoms with Gasteiger partial charge in [-0.05, 0) is 30.5 Å². The van der Waals surface area contributed by atoms with Crippen LogP contribution < -0.4 is 5.73 Å². The van der Waals surface area contributed by atoms with Gasteiger partial charge in [-0.25, -0.2) is 4.39 Å². The molecule has 1 saturated carbocycles. The van der Waals surface area contributed by atoms with Crippen LogP contribution in [-0.2, 0) is 11.6 Å². The summed E-state index contributed by atoms with van der Waals surface area (Å²) in [6, 6.07) is 2.85. The Labute approximate surface area is 101 Å². The van der Waals surface area contributed by atoms with Crippen LogP contribution in [0.25, 0.3) is 0 Å². The Morgan fingerprint density at radius 3 is 2.33 bits per heavy atom. The van der Waals surface area contributed by atoms with Gasteiger partial charge >= 0.3 is 6.18 Å². The second-order valence-corrected chi connectivity index (χ2v) is 4.74. The Morgan fingerprint density at radius 2 is 1.94 bits per heavy atom. The third-order valence-electron chi connectivity index (χ3n) is 3.53. The monoisotopic (exact) mass is 263 g/mol. The number of halogens is 4. The minimum absolute atomic E-state index is 0.175. The van der Waals surface area contributed by atoms with Crippen LogP contribution in [0.4, 0.5) is 17.6 Å². The van der Waals surface area contributed by atoms with Crippen LogP contribution in [0.3, 0.4) is 0 Å². The normalized spacial score (nSPS) is 28.0. The molecule has 0 radical (unpaired) electrons. The van der Waals surface area contributed by atoms with Crippen molar-refractivity contribution in [3.05, 3.63) is 35.1 Å². The van der Waals surface area contributed by atoms with Gasteiger partial charge in [-0.1, -0.05) is 6.07 Å². The topological polar surface area (TPSA) is 46.2 Å². The third-order valence-corrected chi connectivity index (χ3v) is 3.53. The van der Waals surface area contributed by atoms with Crippen molar-refractivity contribution in [3.8, 4) is 0 Å². The van der Waals surface area contributed by atoms with E-state index in [1.807, 2.05) is 0 Å². The largest absolute Gasteiger partial charge is 0.419 e. The van der Waals surface area contributed by atoms with E-state index in [0.29, 0.717) is 18.4 Å². The summed E-state index contributed by atoms with van der Waals surface area (Å²) in [6.07, 6.45) is -4.50. The van der Waals surface area contributed by atoms with E-state index in [-0.39, 0.29) is 6.54 Å². The summed E-state index contributed by atoms with van der Waals surface area (Å²) in [6.45, 7) is 0.175. The Hall–Kier alpha value is -1.14. The SMILES string of the molecule is NCC1(c2ccc(C(F)(F)F)c(F)c2)CC(O)C1. The molecule has 1 aliphatic rings. The number of aliphatic hydroxyl groups is 1. The molecule has 1 fully saturated rings. The van der Waals surface area contributed by atoms with Gasteiger partial charge in [-0.15, -0.1) is 0 Å². The molecule has 0 heterocycles. The van der Waals surface area contributed by atoms with Crippen molar-refractivity contribution in [1.82, 2.24) is 0 Å². The first-order chi connectivity index (χ1) is 8.28. The first-order valence-corrected chi connectivity index (χ1v) is 5.54. The summed E-state index contributed by atoms with van der Waals surface area (Å²) in [5.41, 5.74) is 4.13. The predicted octanol–water partition coefficient (Wildman–Crippen LogP) is 2.20. The summed E-state index contributed by atoms with van der Waals surface area (Å²) < 4.78 is 50.7. The Morgan fingerprint density at radius 1 is 1.33 bits per heavy atom. The molecule has 100 valence electrons. The minimum atomic E-state index is -4.70. The summed E-state index contributed by atoms with van der Waals surface area (Å²) in [7, 11) is 0. The molecule has 1 aliphatic carbocycles. The van der Waals surface area contributed by atoms with Gasteiger partial charge in [0.05, 0.1) is 11.7 Å². The first-order valence-electron chi connectivity index (χ1n) is 5.54. The number of benzene rings is 1. The van der Waals surface area contributed by atoms with Crippen molar-refractivity contribution in [1.29, 1.82) is 0 Å². The van der Waals surface area contributed by atoms with E-state index in [9.17, 15) is 22.7 Å². The van der Waals surface area contributed by atoms with Gasteiger partial charge in [-0.2, -0.15) is 13.2 Å². The standard InChI is InChI=1S/C12H13F4NO/c13-10-3-7(1-2-9(10)12(14,15)16)11(6-17)4-8(18)5-11/h1-3,8,18H,4-6,17H2. The van der Waals surface area contributed by atoms with Gasteiger partial charge in [0.2, 0.25) is 0 Å². The van der Waals surface area contributed by atoms with Crippen molar-refractivity contribution in [2.24, 2.45) is 5.73 Å². The molecule has 0 amide bonds. The number of alkyl halides is 3. The lowest BCUT2D eigenvalue weighted by molar-refractivity contribution is -0.140. The van der Waals surface area contributed by atoms with Crippen LogP contribution in [0, 0.1) is 5.82 Å². The molecule has 0 aromatic heterocycles. The van der Waals surface area contributed by atoms with Crippen molar-refractivity contribution >= 4 is 0 Å². The summed E-state index contributed by atoms with van der Waals surface area (Å²) in [4.78, 5) is 0. The van der Waals surface area contributed by atoms with Crippen LogP contribution in [0.15, 0.2) is 18.2 Å². The molecule has 0 saturated heterocycles. The minimum Gasteiger partial charge on any atom is -0.393 e. The molecule has 1 aromatic carbocycles. The quantitative estimate of drug-likeness (QED) is 0.803. The molecule has 1 aromatic rings.